The number of hydrogen-bond acceptors (Lipinski definition) is 2. The van der Waals surface area contributed by atoms with E-state index in [0.29, 0.717) is 22.1 Å². The third-order valence-electron chi connectivity index (χ3n) is 3.15. The fourth-order valence-electron chi connectivity index (χ4n) is 2.17. The summed E-state index contributed by atoms with van der Waals surface area (Å²) in [6, 6.07) is 14.6. The molecule has 0 saturated heterocycles. The SMILES string of the molecule is O=c1c(-c2ccccc2)coc2c(C(Cl)Cl)cccc12. The summed E-state index contributed by atoms with van der Waals surface area (Å²) >= 11 is 11.8. The summed E-state index contributed by atoms with van der Waals surface area (Å²) in [6.07, 6.45) is 1.46. The number of alkyl halides is 2. The smallest absolute Gasteiger partial charge is 0.200 e. The van der Waals surface area contributed by atoms with Crippen LogP contribution in [0.25, 0.3) is 22.1 Å². The van der Waals surface area contributed by atoms with Gasteiger partial charge in [-0.15, -0.1) is 0 Å². The number of benzene rings is 2. The molecule has 100 valence electrons. The third kappa shape index (κ3) is 2.21. The van der Waals surface area contributed by atoms with Crippen molar-refractivity contribution >= 4 is 34.2 Å². The largest absolute Gasteiger partial charge is 0.463 e. The second-order valence-electron chi connectivity index (χ2n) is 4.37. The van der Waals surface area contributed by atoms with Crippen molar-refractivity contribution in [2.24, 2.45) is 0 Å². The van der Waals surface area contributed by atoms with Gasteiger partial charge >= 0.3 is 0 Å². The van der Waals surface area contributed by atoms with Crippen LogP contribution in [0.3, 0.4) is 0 Å². The molecular formula is C16H10Cl2O2. The van der Waals surface area contributed by atoms with Gasteiger partial charge in [0.15, 0.2) is 0 Å². The predicted octanol–water partition coefficient (Wildman–Crippen LogP) is 4.94. The van der Waals surface area contributed by atoms with Gasteiger partial charge in [0.05, 0.1) is 10.9 Å². The molecule has 0 aliphatic carbocycles. The number of fused-ring (bicyclic) bond motifs is 1. The normalized spacial score (nSPS) is 11.2. The summed E-state index contributed by atoms with van der Waals surface area (Å²) in [5, 5.41) is 0.482. The van der Waals surface area contributed by atoms with Gasteiger partial charge < -0.3 is 4.42 Å². The highest BCUT2D eigenvalue weighted by molar-refractivity contribution is 6.44. The van der Waals surface area contributed by atoms with E-state index in [9.17, 15) is 4.79 Å². The van der Waals surface area contributed by atoms with Gasteiger partial charge in [-0.3, -0.25) is 4.79 Å². The van der Waals surface area contributed by atoms with Crippen LogP contribution < -0.4 is 5.43 Å². The van der Waals surface area contributed by atoms with Crippen molar-refractivity contribution in [2.45, 2.75) is 4.84 Å². The molecule has 0 bridgehead atoms. The van der Waals surface area contributed by atoms with Crippen LogP contribution in [0.5, 0.6) is 0 Å². The minimum absolute atomic E-state index is 0.0896. The maximum atomic E-state index is 12.6. The van der Waals surface area contributed by atoms with E-state index in [0.717, 1.165) is 5.56 Å². The molecule has 1 heterocycles. The zero-order valence-electron chi connectivity index (χ0n) is 10.3. The van der Waals surface area contributed by atoms with E-state index < -0.39 is 4.84 Å². The lowest BCUT2D eigenvalue weighted by Gasteiger charge is -2.07. The summed E-state index contributed by atoms with van der Waals surface area (Å²) in [7, 11) is 0. The zero-order valence-corrected chi connectivity index (χ0v) is 11.9. The monoisotopic (exact) mass is 304 g/mol. The van der Waals surface area contributed by atoms with Gasteiger partial charge in [-0.25, -0.2) is 0 Å². The maximum absolute atomic E-state index is 12.6. The van der Waals surface area contributed by atoms with E-state index in [4.69, 9.17) is 27.6 Å². The molecule has 0 saturated carbocycles. The summed E-state index contributed by atoms with van der Waals surface area (Å²) in [4.78, 5) is 11.8. The van der Waals surface area contributed by atoms with E-state index in [1.807, 2.05) is 30.3 Å². The van der Waals surface area contributed by atoms with E-state index in [1.165, 1.54) is 6.26 Å². The first-order chi connectivity index (χ1) is 9.68. The Balaban J connectivity index is 2.30. The lowest BCUT2D eigenvalue weighted by Crippen LogP contribution is -2.05. The molecule has 0 atom stereocenters. The second-order valence-corrected chi connectivity index (χ2v) is 5.47. The Morgan fingerprint density at radius 2 is 1.70 bits per heavy atom. The van der Waals surface area contributed by atoms with E-state index in [2.05, 4.69) is 0 Å². The fourth-order valence-corrected chi connectivity index (χ4v) is 2.51. The van der Waals surface area contributed by atoms with Crippen molar-refractivity contribution in [3.63, 3.8) is 0 Å². The minimum atomic E-state index is -0.732. The number of halogens is 2. The van der Waals surface area contributed by atoms with Gasteiger partial charge in [0.2, 0.25) is 5.43 Å². The molecule has 2 nitrogen and oxygen atoms in total. The predicted molar refractivity (Wildman–Crippen MR) is 82.4 cm³/mol. The molecular weight excluding hydrogens is 295 g/mol. The van der Waals surface area contributed by atoms with Gasteiger partial charge in [-0.05, 0) is 11.6 Å². The van der Waals surface area contributed by atoms with Crippen LogP contribution in [0.2, 0.25) is 0 Å². The molecule has 4 heteroatoms. The molecule has 2 aromatic carbocycles. The van der Waals surface area contributed by atoms with Gasteiger partial charge in [0, 0.05) is 5.56 Å². The molecule has 0 aliphatic rings. The zero-order chi connectivity index (χ0) is 14.1. The average Bonchev–Trinajstić information content (AvgIpc) is 2.48. The lowest BCUT2D eigenvalue weighted by atomic mass is 10.0. The van der Waals surface area contributed by atoms with Crippen LogP contribution in [0.1, 0.15) is 10.4 Å². The summed E-state index contributed by atoms with van der Waals surface area (Å²) in [6.45, 7) is 0. The van der Waals surface area contributed by atoms with Crippen molar-refractivity contribution in [1.82, 2.24) is 0 Å². The van der Waals surface area contributed by atoms with Crippen LogP contribution in [-0.4, -0.2) is 0 Å². The van der Waals surface area contributed by atoms with E-state index in [-0.39, 0.29) is 5.43 Å². The molecule has 0 unspecified atom stereocenters. The fraction of sp³-hybridized carbons (Fsp3) is 0.0625. The maximum Gasteiger partial charge on any atom is 0.200 e. The highest BCUT2D eigenvalue weighted by Crippen LogP contribution is 2.31. The van der Waals surface area contributed by atoms with Gasteiger partial charge in [-0.1, -0.05) is 65.7 Å². The number of para-hydroxylation sites is 1. The van der Waals surface area contributed by atoms with Crippen LogP contribution in [0.15, 0.2) is 64.0 Å². The first kappa shape index (κ1) is 13.2. The highest BCUT2D eigenvalue weighted by atomic mass is 35.5. The second kappa shape index (κ2) is 5.31. The Morgan fingerprint density at radius 1 is 0.950 bits per heavy atom. The molecule has 0 radical (unpaired) electrons. The topological polar surface area (TPSA) is 30.2 Å². The third-order valence-corrected chi connectivity index (χ3v) is 3.62. The Morgan fingerprint density at radius 3 is 2.40 bits per heavy atom. The molecule has 3 rings (SSSR count). The van der Waals surface area contributed by atoms with Crippen LogP contribution in [-0.2, 0) is 0 Å². The minimum Gasteiger partial charge on any atom is -0.463 e. The quantitative estimate of drug-likeness (QED) is 0.628. The van der Waals surface area contributed by atoms with Crippen molar-refractivity contribution in [1.29, 1.82) is 0 Å². The van der Waals surface area contributed by atoms with Gasteiger partial charge in [0.25, 0.3) is 0 Å². The molecule has 0 fully saturated rings. The Bertz CT molecular complexity index is 808. The average molecular weight is 305 g/mol. The lowest BCUT2D eigenvalue weighted by molar-refractivity contribution is 0.601. The Hall–Kier alpha value is -1.77. The Kier molecular flexibility index (Phi) is 3.51. The Labute approximate surface area is 125 Å². The summed E-state index contributed by atoms with van der Waals surface area (Å²) in [5.74, 6) is 0. The van der Waals surface area contributed by atoms with E-state index in [1.54, 1.807) is 18.2 Å². The van der Waals surface area contributed by atoms with Gasteiger partial charge in [-0.2, -0.15) is 0 Å². The molecule has 0 spiro atoms. The number of hydrogen-bond donors (Lipinski definition) is 0. The molecule has 0 amide bonds. The molecule has 0 aliphatic heterocycles. The molecule has 1 aromatic heterocycles. The van der Waals surface area contributed by atoms with Crippen molar-refractivity contribution in [3.05, 3.63) is 70.6 Å². The summed E-state index contributed by atoms with van der Waals surface area (Å²) < 4.78 is 5.60. The van der Waals surface area contributed by atoms with E-state index >= 15 is 0 Å². The van der Waals surface area contributed by atoms with Crippen molar-refractivity contribution < 1.29 is 4.42 Å². The molecule has 0 N–H and O–H groups in total. The van der Waals surface area contributed by atoms with Crippen LogP contribution in [0, 0.1) is 0 Å². The first-order valence-electron chi connectivity index (χ1n) is 6.06. The molecule has 3 aromatic rings. The van der Waals surface area contributed by atoms with Gasteiger partial charge in [0.1, 0.15) is 16.7 Å². The number of rotatable bonds is 2. The highest BCUT2D eigenvalue weighted by Gasteiger charge is 2.14. The standard InChI is InChI=1S/C16H10Cl2O2/c17-16(18)12-8-4-7-11-14(19)13(9-20-15(11)12)10-5-2-1-3-6-10/h1-9,16H. The first-order valence-corrected chi connectivity index (χ1v) is 6.94. The van der Waals surface area contributed by atoms with Crippen molar-refractivity contribution in [2.75, 3.05) is 0 Å². The van der Waals surface area contributed by atoms with Crippen molar-refractivity contribution in [3.8, 4) is 11.1 Å². The molecule has 20 heavy (non-hydrogen) atoms. The summed E-state index contributed by atoms with van der Waals surface area (Å²) in [5.41, 5.74) is 2.29. The van der Waals surface area contributed by atoms with Crippen LogP contribution >= 0.6 is 23.2 Å². The van der Waals surface area contributed by atoms with Crippen LogP contribution in [0.4, 0.5) is 0 Å².